The number of nitrogens with zero attached hydrogens (tertiary/aromatic N) is 2. The lowest BCUT2D eigenvalue weighted by Crippen LogP contribution is -2.10. The summed E-state index contributed by atoms with van der Waals surface area (Å²) in [5.41, 5.74) is 8.17. The summed E-state index contributed by atoms with van der Waals surface area (Å²) in [5, 5.41) is 0. The van der Waals surface area contributed by atoms with Crippen molar-refractivity contribution in [1.82, 2.24) is 9.97 Å². The van der Waals surface area contributed by atoms with Crippen LogP contribution in [0.4, 0.5) is 4.39 Å². The van der Waals surface area contributed by atoms with Crippen molar-refractivity contribution in [2.75, 3.05) is 6.54 Å². The first-order chi connectivity index (χ1) is 8.20. The fraction of sp³-hybridized carbons (Fsp3) is 0.231. The molecule has 1 atom stereocenters. The molecule has 4 heteroatoms. The van der Waals surface area contributed by atoms with Crippen LogP contribution < -0.4 is 5.73 Å². The van der Waals surface area contributed by atoms with Gasteiger partial charge in [-0.1, -0.05) is 6.92 Å². The summed E-state index contributed by atoms with van der Waals surface area (Å²) < 4.78 is 12.8. The maximum atomic E-state index is 12.8. The van der Waals surface area contributed by atoms with Gasteiger partial charge < -0.3 is 5.73 Å². The maximum Gasteiger partial charge on any atom is 0.123 e. The third-order valence-corrected chi connectivity index (χ3v) is 2.69. The molecule has 2 N–H and O–H groups in total. The Morgan fingerprint density at radius 2 is 1.94 bits per heavy atom. The Kier molecular flexibility index (Phi) is 3.44. The molecule has 1 heterocycles. The highest BCUT2D eigenvalue weighted by molar-refractivity contribution is 5.58. The lowest BCUT2D eigenvalue weighted by atomic mass is 10.1. The van der Waals surface area contributed by atoms with Gasteiger partial charge in [0.15, 0.2) is 0 Å². The zero-order chi connectivity index (χ0) is 12.3. The summed E-state index contributed by atoms with van der Waals surface area (Å²) >= 11 is 0. The van der Waals surface area contributed by atoms with Gasteiger partial charge in [-0.05, 0) is 30.3 Å². The Morgan fingerprint density at radius 1 is 1.24 bits per heavy atom. The first-order valence-corrected chi connectivity index (χ1v) is 5.48. The molecule has 0 spiro atoms. The minimum absolute atomic E-state index is 0.192. The normalized spacial score (nSPS) is 12.4. The first-order valence-electron chi connectivity index (χ1n) is 5.48. The fourth-order valence-electron chi connectivity index (χ4n) is 1.54. The zero-order valence-electron chi connectivity index (χ0n) is 9.60. The molecular formula is C13H14FN3. The van der Waals surface area contributed by atoms with E-state index in [0.717, 1.165) is 17.0 Å². The fourth-order valence-corrected chi connectivity index (χ4v) is 1.54. The van der Waals surface area contributed by atoms with Crippen molar-refractivity contribution in [2.45, 2.75) is 12.8 Å². The van der Waals surface area contributed by atoms with Crippen LogP contribution in [0.5, 0.6) is 0 Å². The second-order valence-electron chi connectivity index (χ2n) is 3.97. The Bertz CT molecular complexity index is 496. The third-order valence-electron chi connectivity index (χ3n) is 2.69. The summed E-state index contributed by atoms with van der Waals surface area (Å²) in [7, 11) is 0. The molecule has 3 nitrogen and oxygen atoms in total. The van der Waals surface area contributed by atoms with Gasteiger partial charge in [-0.15, -0.1) is 0 Å². The molecule has 88 valence electrons. The number of aromatic nitrogens is 2. The quantitative estimate of drug-likeness (QED) is 0.882. The number of benzene rings is 1. The van der Waals surface area contributed by atoms with Crippen LogP contribution in [0, 0.1) is 5.82 Å². The number of halogens is 1. The average molecular weight is 231 g/mol. The van der Waals surface area contributed by atoms with Crippen molar-refractivity contribution < 1.29 is 4.39 Å². The average Bonchev–Trinajstić information content (AvgIpc) is 2.39. The predicted octanol–water partition coefficient (Wildman–Crippen LogP) is 2.34. The second-order valence-corrected chi connectivity index (χ2v) is 3.97. The van der Waals surface area contributed by atoms with E-state index < -0.39 is 0 Å². The van der Waals surface area contributed by atoms with Crippen LogP contribution in [0.1, 0.15) is 18.5 Å². The zero-order valence-corrected chi connectivity index (χ0v) is 9.60. The molecule has 0 amide bonds. The van der Waals surface area contributed by atoms with Gasteiger partial charge in [-0.25, -0.2) is 14.4 Å². The molecule has 2 rings (SSSR count). The van der Waals surface area contributed by atoms with E-state index in [1.807, 2.05) is 13.0 Å². The predicted molar refractivity (Wildman–Crippen MR) is 64.9 cm³/mol. The van der Waals surface area contributed by atoms with Gasteiger partial charge in [0.2, 0.25) is 0 Å². The van der Waals surface area contributed by atoms with Crippen LogP contribution in [-0.4, -0.2) is 16.5 Å². The topological polar surface area (TPSA) is 51.8 Å². The minimum atomic E-state index is -0.252. The van der Waals surface area contributed by atoms with Gasteiger partial charge in [0.1, 0.15) is 12.1 Å². The molecule has 0 radical (unpaired) electrons. The molecule has 1 aromatic carbocycles. The molecule has 1 unspecified atom stereocenters. The highest BCUT2D eigenvalue weighted by atomic mass is 19.1. The molecular weight excluding hydrogens is 217 g/mol. The Hall–Kier alpha value is -1.81. The third kappa shape index (κ3) is 2.65. The van der Waals surface area contributed by atoms with Crippen LogP contribution in [0.25, 0.3) is 11.3 Å². The summed E-state index contributed by atoms with van der Waals surface area (Å²) in [6, 6.07) is 8.14. The van der Waals surface area contributed by atoms with Gasteiger partial charge in [0.25, 0.3) is 0 Å². The molecule has 2 aromatic rings. The van der Waals surface area contributed by atoms with E-state index in [1.54, 1.807) is 12.1 Å². The molecule has 0 saturated heterocycles. The van der Waals surface area contributed by atoms with Crippen LogP contribution in [0.15, 0.2) is 36.7 Å². The molecule has 17 heavy (non-hydrogen) atoms. The number of hydrogen-bond donors (Lipinski definition) is 1. The van der Waals surface area contributed by atoms with Crippen LogP contribution in [0.3, 0.4) is 0 Å². The Labute approximate surface area is 99.5 Å². The molecule has 0 aliphatic carbocycles. The molecule has 0 aliphatic rings. The highest BCUT2D eigenvalue weighted by Crippen LogP contribution is 2.20. The van der Waals surface area contributed by atoms with Crippen molar-refractivity contribution in [3.8, 4) is 11.3 Å². The molecule has 0 bridgehead atoms. The Morgan fingerprint density at radius 3 is 2.59 bits per heavy atom. The maximum absolute atomic E-state index is 12.8. The monoisotopic (exact) mass is 231 g/mol. The second kappa shape index (κ2) is 5.01. The molecule has 1 aromatic heterocycles. The SMILES string of the molecule is CC(CN)c1cc(-c2ccc(F)cc2)ncn1. The van der Waals surface area contributed by atoms with E-state index in [4.69, 9.17) is 5.73 Å². The molecule has 0 fully saturated rings. The lowest BCUT2D eigenvalue weighted by molar-refractivity contribution is 0.628. The van der Waals surface area contributed by atoms with E-state index in [1.165, 1.54) is 18.5 Å². The van der Waals surface area contributed by atoms with Gasteiger partial charge in [0.05, 0.1) is 5.69 Å². The standard InChI is InChI=1S/C13H14FN3/c1-9(7-15)12-6-13(17-8-16-12)10-2-4-11(14)5-3-10/h2-6,8-9H,7,15H2,1H3. The summed E-state index contributed by atoms with van der Waals surface area (Å²) in [4.78, 5) is 8.37. The van der Waals surface area contributed by atoms with E-state index in [0.29, 0.717) is 6.54 Å². The number of nitrogens with two attached hydrogens (primary N) is 1. The van der Waals surface area contributed by atoms with Crippen molar-refractivity contribution in [2.24, 2.45) is 5.73 Å². The van der Waals surface area contributed by atoms with E-state index in [9.17, 15) is 4.39 Å². The smallest absolute Gasteiger partial charge is 0.123 e. The highest BCUT2D eigenvalue weighted by Gasteiger charge is 2.07. The van der Waals surface area contributed by atoms with E-state index >= 15 is 0 Å². The lowest BCUT2D eigenvalue weighted by Gasteiger charge is -2.08. The van der Waals surface area contributed by atoms with Crippen LogP contribution >= 0.6 is 0 Å². The van der Waals surface area contributed by atoms with Crippen molar-refractivity contribution >= 4 is 0 Å². The minimum Gasteiger partial charge on any atom is -0.330 e. The van der Waals surface area contributed by atoms with Gasteiger partial charge in [0, 0.05) is 23.7 Å². The summed E-state index contributed by atoms with van der Waals surface area (Å²) in [6.45, 7) is 2.55. The molecule has 0 saturated carbocycles. The largest absolute Gasteiger partial charge is 0.330 e. The Balaban J connectivity index is 2.36. The van der Waals surface area contributed by atoms with Gasteiger partial charge in [-0.3, -0.25) is 0 Å². The van der Waals surface area contributed by atoms with Crippen molar-refractivity contribution in [1.29, 1.82) is 0 Å². The van der Waals surface area contributed by atoms with Crippen LogP contribution in [0.2, 0.25) is 0 Å². The number of hydrogen-bond acceptors (Lipinski definition) is 3. The van der Waals surface area contributed by atoms with Crippen molar-refractivity contribution in [3.63, 3.8) is 0 Å². The van der Waals surface area contributed by atoms with Gasteiger partial charge >= 0.3 is 0 Å². The van der Waals surface area contributed by atoms with E-state index in [-0.39, 0.29) is 11.7 Å². The number of rotatable bonds is 3. The van der Waals surface area contributed by atoms with Gasteiger partial charge in [-0.2, -0.15) is 0 Å². The molecule has 0 aliphatic heterocycles. The van der Waals surface area contributed by atoms with Crippen LogP contribution in [-0.2, 0) is 0 Å². The van der Waals surface area contributed by atoms with E-state index in [2.05, 4.69) is 9.97 Å². The summed E-state index contributed by atoms with van der Waals surface area (Å²) in [5.74, 6) is -0.0597. The first kappa shape index (κ1) is 11.7. The summed E-state index contributed by atoms with van der Waals surface area (Å²) in [6.07, 6.45) is 1.51. The van der Waals surface area contributed by atoms with Crippen molar-refractivity contribution in [3.05, 3.63) is 48.2 Å².